The summed E-state index contributed by atoms with van der Waals surface area (Å²) in [7, 11) is 4.40. The van der Waals surface area contributed by atoms with E-state index in [-0.39, 0.29) is 5.69 Å². The molecule has 0 amide bonds. The van der Waals surface area contributed by atoms with E-state index in [4.69, 9.17) is 14.2 Å². The van der Waals surface area contributed by atoms with Crippen LogP contribution in [0.4, 0.5) is 0 Å². The van der Waals surface area contributed by atoms with Crippen molar-refractivity contribution in [1.29, 1.82) is 0 Å². The lowest BCUT2D eigenvalue weighted by molar-refractivity contribution is -0.107. The van der Waals surface area contributed by atoms with E-state index in [1.165, 1.54) is 21.3 Å². The minimum absolute atomic E-state index is 0.263. The van der Waals surface area contributed by atoms with Gasteiger partial charge in [0, 0.05) is 30.5 Å². The Labute approximate surface area is 133 Å². The van der Waals surface area contributed by atoms with Gasteiger partial charge in [0.1, 0.15) is 5.69 Å². The van der Waals surface area contributed by atoms with Crippen LogP contribution in [0, 0.1) is 6.92 Å². The number of carbonyl (C=O) groups excluding carboxylic acids is 1. The summed E-state index contributed by atoms with van der Waals surface area (Å²) in [4.78, 5) is 19.9. The van der Waals surface area contributed by atoms with Crippen LogP contribution in [-0.2, 0) is 14.2 Å². The molecule has 0 aliphatic carbocycles. The Balaban J connectivity index is 2.45. The highest BCUT2D eigenvalue weighted by Crippen LogP contribution is 2.34. The van der Waals surface area contributed by atoms with Crippen LogP contribution in [0.1, 0.15) is 28.0 Å². The van der Waals surface area contributed by atoms with E-state index in [1.54, 1.807) is 0 Å². The zero-order valence-corrected chi connectivity index (χ0v) is 13.5. The Hall–Kier alpha value is -2.44. The van der Waals surface area contributed by atoms with Crippen molar-refractivity contribution in [2.24, 2.45) is 0 Å². The number of pyridine rings is 1. The van der Waals surface area contributed by atoms with E-state index in [0.29, 0.717) is 5.69 Å². The second kappa shape index (κ2) is 5.98. The lowest BCUT2D eigenvalue weighted by Gasteiger charge is -2.16. The second-order valence-corrected chi connectivity index (χ2v) is 5.19. The molecule has 6 heteroatoms. The Kier molecular flexibility index (Phi) is 4.02. The number of aryl methyl sites for hydroxylation is 1. The molecule has 3 rings (SSSR count). The van der Waals surface area contributed by atoms with Crippen molar-refractivity contribution in [3.63, 3.8) is 0 Å². The van der Waals surface area contributed by atoms with E-state index in [2.05, 4.69) is 9.97 Å². The van der Waals surface area contributed by atoms with Crippen molar-refractivity contribution in [2.75, 3.05) is 21.3 Å². The van der Waals surface area contributed by atoms with E-state index in [0.717, 1.165) is 27.4 Å². The summed E-state index contributed by atoms with van der Waals surface area (Å²) in [5, 5.41) is 1.94. The molecule has 0 saturated carbocycles. The number of aromatic nitrogens is 2. The molecule has 3 aromatic rings. The SMILES string of the molecule is COC(=O)c1nc(C(OC)OC)c2[nH]c3ccccc3c2c1C. The van der Waals surface area contributed by atoms with Gasteiger partial charge < -0.3 is 19.2 Å². The maximum absolute atomic E-state index is 12.1. The van der Waals surface area contributed by atoms with Crippen LogP contribution >= 0.6 is 0 Å². The van der Waals surface area contributed by atoms with Gasteiger partial charge in [0.2, 0.25) is 6.29 Å². The first-order valence-corrected chi connectivity index (χ1v) is 7.17. The summed E-state index contributed by atoms with van der Waals surface area (Å²) >= 11 is 0. The zero-order chi connectivity index (χ0) is 16.6. The summed E-state index contributed by atoms with van der Waals surface area (Å²) in [6, 6.07) is 7.88. The number of H-pyrrole nitrogens is 1. The van der Waals surface area contributed by atoms with Crippen molar-refractivity contribution in [2.45, 2.75) is 13.2 Å². The Morgan fingerprint density at radius 3 is 2.52 bits per heavy atom. The van der Waals surface area contributed by atoms with Crippen molar-refractivity contribution >= 4 is 27.8 Å². The molecule has 1 N–H and O–H groups in total. The van der Waals surface area contributed by atoms with Gasteiger partial charge in [-0.3, -0.25) is 0 Å². The summed E-state index contributed by atoms with van der Waals surface area (Å²) in [5.74, 6) is -0.484. The fourth-order valence-corrected chi connectivity index (χ4v) is 2.89. The molecular weight excluding hydrogens is 296 g/mol. The molecule has 2 aromatic heterocycles. The monoisotopic (exact) mass is 314 g/mol. The first-order valence-electron chi connectivity index (χ1n) is 7.17. The first-order chi connectivity index (χ1) is 11.1. The molecule has 0 fully saturated rings. The maximum atomic E-state index is 12.1. The normalized spacial score (nSPS) is 11.5. The van der Waals surface area contributed by atoms with Crippen LogP contribution in [0.5, 0.6) is 0 Å². The zero-order valence-electron chi connectivity index (χ0n) is 13.5. The third kappa shape index (κ3) is 2.36. The second-order valence-electron chi connectivity index (χ2n) is 5.19. The molecule has 6 nitrogen and oxygen atoms in total. The van der Waals surface area contributed by atoms with Gasteiger partial charge in [-0.05, 0) is 18.6 Å². The van der Waals surface area contributed by atoms with Crippen molar-refractivity contribution in [1.82, 2.24) is 9.97 Å². The standard InChI is InChI=1S/C17H18N2O4/c1-9-12-10-7-5-6-8-11(10)18-14(12)15(17(22-3)23-4)19-13(9)16(20)21-2/h5-8,17-18H,1-4H3. The highest BCUT2D eigenvalue weighted by molar-refractivity contribution is 6.11. The lowest BCUT2D eigenvalue weighted by atomic mass is 10.0. The topological polar surface area (TPSA) is 73.4 Å². The highest BCUT2D eigenvalue weighted by atomic mass is 16.7. The molecule has 1 aromatic carbocycles. The van der Waals surface area contributed by atoms with Crippen LogP contribution in [0.25, 0.3) is 21.8 Å². The molecular formula is C17H18N2O4. The quantitative estimate of drug-likeness (QED) is 0.591. The minimum Gasteiger partial charge on any atom is -0.464 e. The van der Waals surface area contributed by atoms with E-state index < -0.39 is 12.3 Å². The molecule has 0 spiro atoms. The van der Waals surface area contributed by atoms with Gasteiger partial charge in [0.25, 0.3) is 0 Å². The fraction of sp³-hybridized carbons (Fsp3) is 0.294. The number of carbonyl (C=O) groups is 1. The number of hydrogen-bond acceptors (Lipinski definition) is 5. The number of para-hydroxylation sites is 1. The molecule has 0 saturated heterocycles. The summed E-state index contributed by atoms with van der Waals surface area (Å²) in [6.07, 6.45) is -0.686. The molecule has 0 aliphatic rings. The van der Waals surface area contributed by atoms with Gasteiger partial charge >= 0.3 is 5.97 Å². The van der Waals surface area contributed by atoms with Crippen molar-refractivity contribution in [3.05, 3.63) is 41.2 Å². The van der Waals surface area contributed by atoms with Crippen molar-refractivity contribution in [3.8, 4) is 0 Å². The largest absolute Gasteiger partial charge is 0.464 e. The van der Waals surface area contributed by atoms with Gasteiger partial charge in [0.05, 0.1) is 12.6 Å². The molecule has 0 bridgehead atoms. The first kappa shape index (κ1) is 15.5. The number of nitrogens with zero attached hydrogens (tertiary/aromatic N) is 1. The summed E-state index contributed by atoms with van der Waals surface area (Å²) in [6.45, 7) is 1.86. The Morgan fingerprint density at radius 2 is 1.87 bits per heavy atom. The smallest absolute Gasteiger partial charge is 0.356 e. The van der Waals surface area contributed by atoms with Crippen LogP contribution in [-0.4, -0.2) is 37.3 Å². The van der Waals surface area contributed by atoms with Crippen LogP contribution in [0.3, 0.4) is 0 Å². The fourth-order valence-electron chi connectivity index (χ4n) is 2.89. The summed E-state index contributed by atoms with van der Waals surface area (Å²) in [5.41, 5.74) is 3.30. The number of benzene rings is 1. The number of methoxy groups -OCH3 is 3. The van der Waals surface area contributed by atoms with Crippen LogP contribution < -0.4 is 0 Å². The molecule has 0 aliphatic heterocycles. The molecule has 0 atom stereocenters. The highest BCUT2D eigenvalue weighted by Gasteiger charge is 2.24. The number of ether oxygens (including phenoxy) is 3. The maximum Gasteiger partial charge on any atom is 0.356 e. The number of aromatic amines is 1. The van der Waals surface area contributed by atoms with Crippen molar-refractivity contribution < 1.29 is 19.0 Å². The minimum atomic E-state index is -0.686. The molecule has 2 heterocycles. The lowest BCUT2D eigenvalue weighted by Crippen LogP contribution is -2.13. The third-order valence-electron chi connectivity index (χ3n) is 3.95. The van der Waals surface area contributed by atoms with Gasteiger partial charge in [0.15, 0.2) is 5.69 Å². The van der Waals surface area contributed by atoms with Crippen LogP contribution in [0.2, 0.25) is 0 Å². The van der Waals surface area contributed by atoms with E-state index in [9.17, 15) is 4.79 Å². The van der Waals surface area contributed by atoms with Gasteiger partial charge in [-0.2, -0.15) is 0 Å². The average molecular weight is 314 g/mol. The number of fused-ring (bicyclic) bond motifs is 3. The Bertz CT molecular complexity index is 881. The molecule has 0 unspecified atom stereocenters. The van der Waals surface area contributed by atoms with Gasteiger partial charge in [-0.1, -0.05) is 18.2 Å². The third-order valence-corrected chi connectivity index (χ3v) is 3.95. The molecule has 0 radical (unpaired) electrons. The van der Waals surface area contributed by atoms with E-state index >= 15 is 0 Å². The summed E-state index contributed by atoms with van der Waals surface area (Å²) < 4.78 is 15.5. The number of nitrogens with one attached hydrogen (secondary N) is 1. The average Bonchev–Trinajstić information content (AvgIpc) is 2.97. The Morgan fingerprint density at radius 1 is 1.17 bits per heavy atom. The van der Waals surface area contributed by atoms with Crippen LogP contribution in [0.15, 0.2) is 24.3 Å². The number of rotatable bonds is 4. The van der Waals surface area contributed by atoms with Gasteiger partial charge in [-0.15, -0.1) is 0 Å². The van der Waals surface area contributed by atoms with Gasteiger partial charge in [-0.25, -0.2) is 9.78 Å². The predicted molar refractivity (Wildman–Crippen MR) is 86.4 cm³/mol. The molecule has 23 heavy (non-hydrogen) atoms. The number of hydrogen-bond donors (Lipinski definition) is 1. The molecule has 120 valence electrons. The number of esters is 1. The van der Waals surface area contributed by atoms with E-state index in [1.807, 2.05) is 31.2 Å². The predicted octanol–water partition coefficient (Wildman–Crippen LogP) is 3.10.